The van der Waals surface area contributed by atoms with Crippen molar-refractivity contribution in [1.82, 2.24) is 9.88 Å². The number of aromatic nitrogens is 1. The third-order valence-corrected chi connectivity index (χ3v) is 3.00. The molecule has 1 heterocycles. The Morgan fingerprint density at radius 1 is 1.38 bits per heavy atom. The molecule has 0 aliphatic carbocycles. The summed E-state index contributed by atoms with van der Waals surface area (Å²) in [5, 5.41) is 13.9. The first kappa shape index (κ1) is 14.5. The molecular formula is C13H13N3O5. The molecule has 0 bridgehead atoms. The van der Waals surface area contributed by atoms with Gasteiger partial charge < -0.3 is 14.6 Å². The minimum atomic E-state index is -0.584. The molecule has 0 spiro atoms. The van der Waals surface area contributed by atoms with E-state index >= 15 is 0 Å². The summed E-state index contributed by atoms with van der Waals surface area (Å²) in [6.45, 7) is 0.458. The monoisotopic (exact) mass is 291 g/mol. The van der Waals surface area contributed by atoms with Crippen LogP contribution in [-0.4, -0.2) is 29.2 Å². The summed E-state index contributed by atoms with van der Waals surface area (Å²) >= 11 is 0. The number of alkyl carbamates (subject to hydrolysis) is 1. The van der Waals surface area contributed by atoms with Crippen LogP contribution < -0.4 is 10.9 Å². The third kappa shape index (κ3) is 2.99. The van der Waals surface area contributed by atoms with Crippen LogP contribution in [0.5, 0.6) is 0 Å². The van der Waals surface area contributed by atoms with E-state index in [1.54, 1.807) is 0 Å². The summed E-state index contributed by atoms with van der Waals surface area (Å²) < 4.78 is 5.80. The summed E-state index contributed by atoms with van der Waals surface area (Å²) in [5.41, 5.74) is -0.452. The van der Waals surface area contributed by atoms with Crippen molar-refractivity contribution >= 4 is 22.6 Å². The number of nitrogens with zero attached hydrogens (tertiary/aromatic N) is 2. The quantitative estimate of drug-likeness (QED) is 0.674. The van der Waals surface area contributed by atoms with E-state index in [-0.39, 0.29) is 29.7 Å². The molecule has 0 atom stereocenters. The summed E-state index contributed by atoms with van der Waals surface area (Å²) in [7, 11) is 1.25. The maximum absolute atomic E-state index is 12.2. The molecule has 1 aromatic carbocycles. The maximum Gasteiger partial charge on any atom is 0.406 e. The van der Waals surface area contributed by atoms with Gasteiger partial charge in [0.25, 0.3) is 11.2 Å². The van der Waals surface area contributed by atoms with Crippen LogP contribution in [0.15, 0.2) is 35.3 Å². The second kappa shape index (κ2) is 6.04. The number of hydrogen-bond donors (Lipinski definition) is 1. The number of ether oxygens (including phenoxy) is 1. The molecule has 2 rings (SSSR count). The smallest absolute Gasteiger partial charge is 0.406 e. The number of methoxy groups -OCH3 is 1. The molecule has 1 amide bonds. The third-order valence-electron chi connectivity index (χ3n) is 3.00. The van der Waals surface area contributed by atoms with Crippen molar-refractivity contribution < 1.29 is 14.5 Å². The lowest BCUT2D eigenvalue weighted by Gasteiger charge is -2.08. The zero-order valence-corrected chi connectivity index (χ0v) is 11.2. The fraction of sp³-hybridized carbons (Fsp3) is 0.231. The van der Waals surface area contributed by atoms with Crippen LogP contribution >= 0.6 is 0 Å². The first-order chi connectivity index (χ1) is 10.0. The molecule has 8 nitrogen and oxygen atoms in total. The molecule has 0 fully saturated rings. The second-order valence-electron chi connectivity index (χ2n) is 4.23. The minimum Gasteiger partial charge on any atom is -0.453 e. The summed E-state index contributed by atoms with van der Waals surface area (Å²) in [6, 6.07) is 5.88. The molecule has 0 saturated heterocycles. The molecule has 0 radical (unpaired) electrons. The Hall–Kier alpha value is -2.90. The Bertz CT molecular complexity index is 753. The van der Waals surface area contributed by atoms with Gasteiger partial charge >= 0.3 is 6.09 Å². The van der Waals surface area contributed by atoms with Crippen molar-refractivity contribution in [3.8, 4) is 0 Å². The van der Waals surface area contributed by atoms with Crippen LogP contribution in [0, 0.1) is 10.1 Å². The fourth-order valence-electron chi connectivity index (χ4n) is 1.99. The number of pyridine rings is 1. The molecule has 8 heteroatoms. The predicted octanol–water partition coefficient (Wildman–Crippen LogP) is 1.27. The van der Waals surface area contributed by atoms with Crippen LogP contribution in [-0.2, 0) is 11.3 Å². The van der Waals surface area contributed by atoms with Crippen molar-refractivity contribution in [1.29, 1.82) is 0 Å². The number of amides is 1. The van der Waals surface area contributed by atoms with Crippen LogP contribution in [0.3, 0.4) is 0 Å². The zero-order chi connectivity index (χ0) is 15.4. The van der Waals surface area contributed by atoms with E-state index in [1.165, 1.54) is 42.1 Å². The van der Waals surface area contributed by atoms with Crippen molar-refractivity contribution in [3.05, 3.63) is 50.9 Å². The highest BCUT2D eigenvalue weighted by Crippen LogP contribution is 2.22. The van der Waals surface area contributed by atoms with Gasteiger partial charge in [0.1, 0.15) is 0 Å². The van der Waals surface area contributed by atoms with Gasteiger partial charge in [-0.3, -0.25) is 14.9 Å². The Morgan fingerprint density at radius 3 is 2.81 bits per heavy atom. The lowest BCUT2D eigenvalue weighted by Crippen LogP contribution is -2.30. The first-order valence-electron chi connectivity index (χ1n) is 6.13. The number of fused-ring (bicyclic) bond motifs is 1. The van der Waals surface area contributed by atoms with E-state index in [4.69, 9.17) is 0 Å². The van der Waals surface area contributed by atoms with Gasteiger partial charge in [0, 0.05) is 25.4 Å². The topological polar surface area (TPSA) is 103 Å². The van der Waals surface area contributed by atoms with Gasteiger partial charge in [-0.2, -0.15) is 0 Å². The molecule has 0 aliphatic rings. The van der Waals surface area contributed by atoms with Crippen molar-refractivity contribution in [2.75, 3.05) is 13.7 Å². The molecule has 0 aliphatic heterocycles. The molecule has 0 saturated carbocycles. The van der Waals surface area contributed by atoms with Gasteiger partial charge in [0.15, 0.2) is 0 Å². The lowest BCUT2D eigenvalue weighted by atomic mass is 10.1. The van der Waals surface area contributed by atoms with E-state index in [1.807, 2.05) is 0 Å². The second-order valence-corrected chi connectivity index (χ2v) is 4.23. The number of rotatable bonds is 4. The van der Waals surface area contributed by atoms with Gasteiger partial charge in [0.2, 0.25) is 0 Å². The van der Waals surface area contributed by atoms with Gasteiger partial charge in [0.05, 0.1) is 22.8 Å². The molecule has 0 unspecified atom stereocenters. The van der Waals surface area contributed by atoms with Gasteiger partial charge in [-0.15, -0.1) is 0 Å². The Kier molecular flexibility index (Phi) is 4.17. The summed E-state index contributed by atoms with van der Waals surface area (Å²) in [5.74, 6) is 0. The van der Waals surface area contributed by atoms with Gasteiger partial charge in [-0.25, -0.2) is 4.79 Å². The molecule has 2 aromatic rings. The average molecular weight is 291 g/mol. The molecule has 110 valence electrons. The minimum absolute atomic E-state index is 0.107. The number of non-ortho nitro benzene ring substituents is 1. The largest absolute Gasteiger partial charge is 0.453 e. The van der Waals surface area contributed by atoms with Crippen LogP contribution in [0.25, 0.3) is 10.8 Å². The highest BCUT2D eigenvalue weighted by Gasteiger charge is 2.13. The molecule has 1 aromatic heterocycles. The molecule has 1 N–H and O–H groups in total. The maximum atomic E-state index is 12.2. The van der Waals surface area contributed by atoms with Crippen LogP contribution in [0.1, 0.15) is 0 Å². The van der Waals surface area contributed by atoms with Crippen molar-refractivity contribution in [2.24, 2.45) is 0 Å². The zero-order valence-electron chi connectivity index (χ0n) is 11.2. The van der Waals surface area contributed by atoms with Crippen LogP contribution in [0.2, 0.25) is 0 Å². The standard InChI is InChI=1S/C13H13N3O5/c1-21-13(18)14-6-8-15-7-5-9-10(12(15)17)3-2-4-11(9)16(19)20/h2-5,7H,6,8H2,1H3,(H,14,18). The van der Waals surface area contributed by atoms with Crippen LogP contribution in [0.4, 0.5) is 10.5 Å². The summed E-state index contributed by atoms with van der Waals surface area (Å²) in [6.07, 6.45) is 0.885. The number of nitro benzene ring substituents is 1. The van der Waals surface area contributed by atoms with E-state index in [0.717, 1.165) is 0 Å². The van der Waals surface area contributed by atoms with Crippen molar-refractivity contribution in [2.45, 2.75) is 6.54 Å². The van der Waals surface area contributed by atoms with Gasteiger partial charge in [-0.05, 0) is 12.1 Å². The molecule has 21 heavy (non-hydrogen) atoms. The van der Waals surface area contributed by atoms with Crippen molar-refractivity contribution in [3.63, 3.8) is 0 Å². The Balaban J connectivity index is 2.32. The van der Waals surface area contributed by atoms with E-state index in [2.05, 4.69) is 10.1 Å². The Labute approximate surface area is 119 Å². The number of nitrogens with one attached hydrogen (secondary N) is 1. The van der Waals surface area contributed by atoms with E-state index in [0.29, 0.717) is 5.39 Å². The number of nitro groups is 1. The molecular weight excluding hydrogens is 278 g/mol. The average Bonchev–Trinajstić information content (AvgIpc) is 2.48. The SMILES string of the molecule is COC(=O)NCCn1ccc2c([N+](=O)[O-])cccc2c1=O. The predicted molar refractivity (Wildman–Crippen MR) is 75.3 cm³/mol. The van der Waals surface area contributed by atoms with E-state index < -0.39 is 11.0 Å². The van der Waals surface area contributed by atoms with E-state index in [9.17, 15) is 19.7 Å². The number of benzene rings is 1. The fourth-order valence-corrected chi connectivity index (χ4v) is 1.99. The Morgan fingerprint density at radius 2 is 2.14 bits per heavy atom. The highest BCUT2D eigenvalue weighted by molar-refractivity contribution is 5.89. The van der Waals surface area contributed by atoms with Gasteiger partial charge in [-0.1, -0.05) is 6.07 Å². The normalized spacial score (nSPS) is 10.3. The highest BCUT2D eigenvalue weighted by atomic mass is 16.6. The summed E-state index contributed by atoms with van der Waals surface area (Å²) in [4.78, 5) is 33.6. The number of carbonyl (C=O) groups is 1. The lowest BCUT2D eigenvalue weighted by molar-refractivity contribution is -0.383. The number of carbonyl (C=O) groups excluding carboxylic acids is 1. The number of hydrogen-bond acceptors (Lipinski definition) is 5. The first-order valence-corrected chi connectivity index (χ1v) is 6.13.